The lowest BCUT2D eigenvalue weighted by atomic mass is 10.2. The van der Waals surface area contributed by atoms with Gasteiger partial charge < -0.3 is 15.2 Å². The fourth-order valence-corrected chi connectivity index (χ4v) is 2.88. The van der Waals surface area contributed by atoms with Gasteiger partial charge in [-0.2, -0.15) is 0 Å². The van der Waals surface area contributed by atoms with Crippen LogP contribution >= 0.6 is 15.9 Å². The summed E-state index contributed by atoms with van der Waals surface area (Å²) in [6.45, 7) is 1.41. The summed E-state index contributed by atoms with van der Waals surface area (Å²) >= 11 is 3.30. The standard InChI is InChI=1S/C16H16BrN3O2/c17-12-8-14(18-9-12)16(22)19-13-4-1-3-11(7-13)10-20-6-2-5-15(20)21/h1,3-4,7-9,18H,2,5-6,10H2,(H,19,22). The number of amides is 2. The average molecular weight is 362 g/mol. The number of hydrogen-bond acceptors (Lipinski definition) is 2. The third-order valence-corrected chi connectivity index (χ3v) is 4.08. The van der Waals surface area contributed by atoms with E-state index >= 15 is 0 Å². The minimum Gasteiger partial charge on any atom is -0.356 e. The predicted octanol–water partition coefficient (Wildman–Crippen LogP) is 3.15. The maximum Gasteiger partial charge on any atom is 0.272 e. The number of H-pyrrole nitrogens is 1. The first-order valence-electron chi connectivity index (χ1n) is 7.14. The predicted molar refractivity (Wildman–Crippen MR) is 87.5 cm³/mol. The molecule has 0 atom stereocenters. The number of aromatic nitrogens is 1. The van der Waals surface area contributed by atoms with E-state index in [1.54, 1.807) is 12.3 Å². The van der Waals surface area contributed by atoms with Crippen molar-refractivity contribution < 1.29 is 9.59 Å². The number of anilines is 1. The molecule has 3 rings (SSSR count). The number of benzene rings is 1. The summed E-state index contributed by atoms with van der Waals surface area (Å²) < 4.78 is 0.832. The van der Waals surface area contributed by atoms with Gasteiger partial charge in [0.25, 0.3) is 5.91 Å². The molecule has 22 heavy (non-hydrogen) atoms. The highest BCUT2D eigenvalue weighted by molar-refractivity contribution is 9.10. The van der Waals surface area contributed by atoms with Crippen LogP contribution < -0.4 is 5.32 Å². The SMILES string of the molecule is O=C(Nc1cccc(CN2CCCC2=O)c1)c1cc(Br)c[nH]1. The van der Waals surface area contributed by atoms with Crippen LogP contribution in [-0.4, -0.2) is 28.2 Å². The molecule has 0 spiro atoms. The highest BCUT2D eigenvalue weighted by Crippen LogP contribution is 2.18. The number of nitrogens with one attached hydrogen (secondary N) is 2. The Morgan fingerprint density at radius 2 is 2.23 bits per heavy atom. The van der Waals surface area contributed by atoms with Crippen LogP contribution in [0.4, 0.5) is 5.69 Å². The highest BCUT2D eigenvalue weighted by atomic mass is 79.9. The fourth-order valence-electron chi connectivity index (χ4n) is 2.54. The van der Waals surface area contributed by atoms with Gasteiger partial charge in [-0.25, -0.2) is 0 Å². The Morgan fingerprint density at radius 3 is 2.91 bits per heavy atom. The lowest BCUT2D eigenvalue weighted by Gasteiger charge is -2.16. The summed E-state index contributed by atoms with van der Waals surface area (Å²) in [5.41, 5.74) is 2.23. The molecule has 1 aliphatic rings. The van der Waals surface area contributed by atoms with E-state index in [4.69, 9.17) is 0 Å². The molecule has 0 unspecified atom stereocenters. The molecule has 2 heterocycles. The van der Waals surface area contributed by atoms with Gasteiger partial charge in [0.2, 0.25) is 5.91 Å². The first kappa shape index (κ1) is 14.8. The zero-order chi connectivity index (χ0) is 15.5. The molecule has 0 saturated carbocycles. The zero-order valence-electron chi connectivity index (χ0n) is 11.9. The van der Waals surface area contributed by atoms with Crippen LogP contribution in [0.2, 0.25) is 0 Å². The molecule has 2 N–H and O–H groups in total. The van der Waals surface area contributed by atoms with Crippen LogP contribution in [0.25, 0.3) is 0 Å². The third-order valence-electron chi connectivity index (χ3n) is 3.62. The minimum atomic E-state index is -0.194. The monoisotopic (exact) mass is 361 g/mol. The molecule has 1 aromatic carbocycles. The number of hydrogen-bond donors (Lipinski definition) is 2. The Bertz CT molecular complexity index is 711. The summed E-state index contributed by atoms with van der Waals surface area (Å²) in [6.07, 6.45) is 3.28. The third kappa shape index (κ3) is 3.39. The second kappa shape index (κ2) is 6.36. The second-order valence-corrected chi connectivity index (χ2v) is 6.22. The summed E-state index contributed by atoms with van der Waals surface area (Å²) in [7, 11) is 0. The van der Waals surface area contributed by atoms with E-state index in [0.717, 1.165) is 28.7 Å². The van der Waals surface area contributed by atoms with E-state index in [0.29, 0.717) is 18.7 Å². The van der Waals surface area contributed by atoms with Gasteiger partial charge in [-0.05, 0) is 46.1 Å². The average Bonchev–Trinajstić information content (AvgIpc) is 3.09. The Morgan fingerprint density at radius 1 is 1.36 bits per heavy atom. The molecule has 0 bridgehead atoms. The molecule has 2 amide bonds. The zero-order valence-corrected chi connectivity index (χ0v) is 13.5. The molecule has 114 valence electrons. The van der Waals surface area contributed by atoms with Gasteiger partial charge in [0.1, 0.15) is 5.69 Å². The quantitative estimate of drug-likeness (QED) is 0.878. The van der Waals surface area contributed by atoms with Gasteiger partial charge in [0, 0.05) is 35.9 Å². The minimum absolute atomic E-state index is 0.194. The lowest BCUT2D eigenvalue weighted by Crippen LogP contribution is -2.23. The first-order valence-corrected chi connectivity index (χ1v) is 7.93. The number of rotatable bonds is 4. The fraction of sp³-hybridized carbons (Fsp3) is 0.250. The molecule has 6 heteroatoms. The maximum absolute atomic E-state index is 12.1. The van der Waals surface area contributed by atoms with Gasteiger partial charge in [-0.3, -0.25) is 9.59 Å². The van der Waals surface area contributed by atoms with Gasteiger partial charge >= 0.3 is 0 Å². The van der Waals surface area contributed by atoms with E-state index in [9.17, 15) is 9.59 Å². The molecular formula is C16H16BrN3O2. The van der Waals surface area contributed by atoms with Crippen molar-refractivity contribution in [2.75, 3.05) is 11.9 Å². The molecule has 2 aromatic rings. The van der Waals surface area contributed by atoms with Crippen molar-refractivity contribution >= 4 is 33.4 Å². The number of carbonyl (C=O) groups excluding carboxylic acids is 2. The Hall–Kier alpha value is -2.08. The molecular weight excluding hydrogens is 346 g/mol. The Kier molecular flexibility index (Phi) is 4.29. The van der Waals surface area contributed by atoms with Crippen LogP contribution in [0.15, 0.2) is 41.0 Å². The van der Waals surface area contributed by atoms with E-state index < -0.39 is 0 Å². The molecule has 1 aliphatic heterocycles. The van der Waals surface area contributed by atoms with E-state index in [1.165, 1.54) is 0 Å². The first-order chi connectivity index (χ1) is 10.6. The summed E-state index contributed by atoms with van der Waals surface area (Å²) in [6, 6.07) is 9.32. The summed E-state index contributed by atoms with van der Waals surface area (Å²) in [5.74, 6) is 0.00535. The molecule has 1 fully saturated rings. The van der Waals surface area contributed by atoms with Crippen LogP contribution in [-0.2, 0) is 11.3 Å². The Labute approximate surface area is 136 Å². The number of likely N-dealkylation sites (tertiary alicyclic amines) is 1. The van der Waals surface area contributed by atoms with Crippen molar-refractivity contribution in [3.05, 3.63) is 52.3 Å². The van der Waals surface area contributed by atoms with Crippen LogP contribution in [0.3, 0.4) is 0 Å². The van der Waals surface area contributed by atoms with Gasteiger partial charge in [-0.15, -0.1) is 0 Å². The molecule has 1 aromatic heterocycles. The normalized spacial score (nSPS) is 14.4. The smallest absolute Gasteiger partial charge is 0.272 e. The van der Waals surface area contributed by atoms with Crippen molar-refractivity contribution in [3.63, 3.8) is 0 Å². The van der Waals surface area contributed by atoms with Gasteiger partial charge in [-0.1, -0.05) is 12.1 Å². The van der Waals surface area contributed by atoms with E-state index in [1.807, 2.05) is 29.2 Å². The number of halogens is 1. The van der Waals surface area contributed by atoms with E-state index in [2.05, 4.69) is 26.2 Å². The van der Waals surface area contributed by atoms with Crippen molar-refractivity contribution in [1.82, 2.24) is 9.88 Å². The van der Waals surface area contributed by atoms with Crippen molar-refractivity contribution in [2.24, 2.45) is 0 Å². The van der Waals surface area contributed by atoms with Gasteiger partial charge in [0.15, 0.2) is 0 Å². The molecule has 0 radical (unpaired) electrons. The lowest BCUT2D eigenvalue weighted by molar-refractivity contribution is -0.128. The molecule has 0 aliphatic carbocycles. The number of aromatic amines is 1. The molecule has 5 nitrogen and oxygen atoms in total. The van der Waals surface area contributed by atoms with Gasteiger partial charge in [0.05, 0.1) is 0 Å². The van der Waals surface area contributed by atoms with E-state index in [-0.39, 0.29) is 11.8 Å². The van der Waals surface area contributed by atoms with Crippen LogP contribution in [0, 0.1) is 0 Å². The summed E-state index contributed by atoms with van der Waals surface area (Å²) in [4.78, 5) is 28.5. The number of carbonyl (C=O) groups is 2. The van der Waals surface area contributed by atoms with Crippen molar-refractivity contribution in [2.45, 2.75) is 19.4 Å². The second-order valence-electron chi connectivity index (χ2n) is 5.30. The topological polar surface area (TPSA) is 65.2 Å². The van der Waals surface area contributed by atoms with Crippen LogP contribution in [0.5, 0.6) is 0 Å². The highest BCUT2D eigenvalue weighted by Gasteiger charge is 2.20. The van der Waals surface area contributed by atoms with Crippen molar-refractivity contribution in [3.8, 4) is 0 Å². The summed E-state index contributed by atoms with van der Waals surface area (Å²) in [5, 5.41) is 2.85. The van der Waals surface area contributed by atoms with Crippen molar-refractivity contribution in [1.29, 1.82) is 0 Å². The Balaban J connectivity index is 1.68. The molecule has 1 saturated heterocycles. The maximum atomic E-state index is 12.1. The number of nitrogens with zero attached hydrogens (tertiary/aromatic N) is 1. The van der Waals surface area contributed by atoms with Crippen LogP contribution in [0.1, 0.15) is 28.9 Å². The largest absolute Gasteiger partial charge is 0.356 e.